The van der Waals surface area contributed by atoms with Crippen LogP contribution >= 0.6 is 35.0 Å². The number of aromatic hydroxyl groups is 1. The number of nitrogens with zero attached hydrogens (tertiary/aromatic N) is 2. The summed E-state index contributed by atoms with van der Waals surface area (Å²) >= 11 is 12.7. The molecule has 8 nitrogen and oxygen atoms in total. The van der Waals surface area contributed by atoms with Crippen LogP contribution in [0.2, 0.25) is 10.0 Å². The maximum absolute atomic E-state index is 12.9. The Kier molecular flexibility index (Phi) is 7.30. The highest BCUT2D eigenvalue weighted by molar-refractivity contribution is 8.18. The van der Waals surface area contributed by atoms with Gasteiger partial charge in [0, 0.05) is 6.07 Å². The SMILES string of the molecule is COc1ccc(NC(=O)c2cc(C=C3SC(=O)N(Cc4ccc(Cl)c(Cl)c4)C3=O)ccc2O)cn1. The van der Waals surface area contributed by atoms with Gasteiger partial charge in [0.1, 0.15) is 5.75 Å². The Morgan fingerprint density at radius 2 is 1.94 bits per heavy atom. The second kappa shape index (κ2) is 10.4. The van der Waals surface area contributed by atoms with Crippen LogP contribution in [-0.2, 0) is 11.3 Å². The average Bonchev–Trinajstić information content (AvgIpc) is 3.10. The van der Waals surface area contributed by atoms with Gasteiger partial charge in [0.05, 0.1) is 46.1 Å². The van der Waals surface area contributed by atoms with Gasteiger partial charge in [0.2, 0.25) is 5.88 Å². The van der Waals surface area contributed by atoms with Gasteiger partial charge in [-0.15, -0.1) is 0 Å². The summed E-state index contributed by atoms with van der Waals surface area (Å²) in [6, 6.07) is 12.4. The third kappa shape index (κ3) is 5.59. The van der Waals surface area contributed by atoms with E-state index in [1.54, 1.807) is 30.3 Å². The Balaban J connectivity index is 1.52. The first-order valence-corrected chi connectivity index (χ1v) is 11.7. The Morgan fingerprint density at radius 1 is 1.14 bits per heavy atom. The molecule has 0 bridgehead atoms. The molecule has 1 aliphatic heterocycles. The quantitative estimate of drug-likeness (QED) is 0.400. The Hall–Kier alpha value is -3.53. The average molecular weight is 530 g/mol. The zero-order valence-corrected chi connectivity index (χ0v) is 20.4. The normalized spacial score (nSPS) is 14.5. The van der Waals surface area contributed by atoms with Gasteiger partial charge in [-0.3, -0.25) is 19.3 Å². The fourth-order valence-corrected chi connectivity index (χ4v) is 4.37. The van der Waals surface area contributed by atoms with Gasteiger partial charge >= 0.3 is 0 Å². The highest BCUT2D eigenvalue weighted by atomic mass is 35.5. The Bertz CT molecular complexity index is 1360. The number of amides is 3. The predicted octanol–water partition coefficient (Wildman–Crippen LogP) is 5.59. The lowest BCUT2D eigenvalue weighted by atomic mass is 10.1. The number of carbonyl (C=O) groups is 3. The van der Waals surface area contributed by atoms with Crippen LogP contribution in [0.3, 0.4) is 0 Å². The van der Waals surface area contributed by atoms with Gasteiger partial charge in [0.15, 0.2) is 0 Å². The summed E-state index contributed by atoms with van der Waals surface area (Å²) in [5, 5.41) is 13.1. The van der Waals surface area contributed by atoms with Gasteiger partial charge in [0.25, 0.3) is 17.1 Å². The van der Waals surface area contributed by atoms with Crippen molar-refractivity contribution in [2.45, 2.75) is 6.54 Å². The van der Waals surface area contributed by atoms with Crippen molar-refractivity contribution in [1.82, 2.24) is 9.88 Å². The number of nitrogens with one attached hydrogen (secondary N) is 1. The number of aromatic nitrogens is 1. The maximum Gasteiger partial charge on any atom is 0.293 e. The van der Waals surface area contributed by atoms with Gasteiger partial charge < -0.3 is 15.2 Å². The van der Waals surface area contributed by atoms with E-state index in [0.29, 0.717) is 32.7 Å². The molecule has 0 unspecified atom stereocenters. The monoisotopic (exact) mass is 529 g/mol. The van der Waals surface area contributed by atoms with Crippen LogP contribution in [0, 0.1) is 0 Å². The number of hydrogen-bond acceptors (Lipinski definition) is 7. The van der Waals surface area contributed by atoms with Crippen LogP contribution in [0.5, 0.6) is 11.6 Å². The Labute approximate surface area is 214 Å². The van der Waals surface area contributed by atoms with Crippen molar-refractivity contribution in [3.8, 4) is 11.6 Å². The molecule has 3 aromatic rings. The van der Waals surface area contributed by atoms with Crippen LogP contribution in [-0.4, -0.2) is 39.2 Å². The van der Waals surface area contributed by atoms with Crippen LogP contribution < -0.4 is 10.1 Å². The van der Waals surface area contributed by atoms with Crippen molar-refractivity contribution in [1.29, 1.82) is 0 Å². The number of phenolic OH excluding ortho intramolecular Hbond substituents is 1. The highest BCUT2D eigenvalue weighted by Gasteiger charge is 2.35. The lowest BCUT2D eigenvalue weighted by molar-refractivity contribution is -0.123. The largest absolute Gasteiger partial charge is 0.507 e. The molecule has 1 aromatic heterocycles. The number of hydrogen-bond donors (Lipinski definition) is 2. The fraction of sp³-hybridized carbons (Fsp3) is 0.0833. The number of benzene rings is 2. The van der Waals surface area contributed by atoms with Crippen molar-refractivity contribution in [2.75, 3.05) is 12.4 Å². The summed E-state index contributed by atoms with van der Waals surface area (Å²) in [7, 11) is 1.48. The molecule has 0 radical (unpaired) electrons. The third-order valence-electron chi connectivity index (χ3n) is 4.96. The van der Waals surface area contributed by atoms with Gasteiger partial charge in [-0.05, 0) is 59.3 Å². The van der Waals surface area contributed by atoms with E-state index in [-0.39, 0.29) is 22.8 Å². The summed E-state index contributed by atoms with van der Waals surface area (Å²) in [5.41, 5.74) is 1.51. The van der Waals surface area contributed by atoms with Crippen LogP contribution in [0.15, 0.2) is 59.6 Å². The molecular weight excluding hydrogens is 513 g/mol. The second-order valence-corrected chi connectivity index (χ2v) is 9.14. The molecule has 0 spiro atoms. The number of anilines is 1. The minimum absolute atomic E-state index is 0.00963. The first-order valence-electron chi connectivity index (χ1n) is 10.1. The smallest absolute Gasteiger partial charge is 0.293 e. The standard InChI is InChI=1S/C24H17Cl2N3O5S/c1-34-21-7-4-15(11-27-21)28-22(31)16-8-13(3-6-19(16)30)10-20-23(32)29(24(33)35-20)12-14-2-5-17(25)18(26)9-14/h2-11,30H,12H2,1H3,(H,28,31). The molecule has 1 aliphatic rings. The van der Waals surface area contributed by atoms with Crippen LogP contribution in [0.4, 0.5) is 10.5 Å². The van der Waals surface area contributed by atoms with Crippen LogP contribution in [0.1, 0.15) is 21.5 Å². The fourth-order valence-electron chi connectivity index (χ4n) is 3.21. The lowest BCUT2D eigenvalue weighted by Gasteiger charge is -2.13. The number of ether oxygens (including phenoxy) is 1. The number of carbonyl (C=O) groups excluding carboxylic acids is 3. The van der Waals surface area contributed by atoms with E-state index in [2.05, 4.69) is 10.3 Å². The zero-order valence-electron chi connectivity index (χ0n) is 18.1. The minimum atomic E-state index is -0.572. The van der Waals surface area contributed by atoms with E-state index in [4.69, 9.17) is 27.9 Å². The van der Waals surface area contributed by atoms with Gasteiger partial charge in [-0.1, -0.05) is 35.3 Å². The van der Waals surface area contributed by atoms with E-state index in [9.17, 15) is 19.5 Å². The van der Waals surface area contributed by atoms with E-state index in [1.807, 2.05) is 0 Å². The number of methoxy groups -OCH3 is 1. The number of pyridine rings is 1. The predicted molar refractivity (Wildman–Crippen MR) is 135 cm³/mol. The highest BCUT2D eigenvalue weighted by Crippen LogP contribution is 2.34. The maximum atomic E-state index is 12.9. The number of halogens is 2. The molecule has 2 N–H and O–H groups in total. The molecular formula is C24H17Cl2N3O5S. The number of thioether (sulfide) groups is 1. The molecule has 1 saturated heterocycles. The van der Waals surface area contributed by atoms with Crippen molar-refractivity contribution in [2.24, 2.45) is 0 Å². The lowest BCUT2D eigenvalue weighted by Crippen LogP contribution is -2.27. The molecule has 178 valence electrons. The minimum Gasteiger partial charge on any atom is -0.507 e. The van der Waals surface area contributed by atoms with Crippen molar-refractivity contribution >= 4 is 63.8 Å². The van der Waals surface area contributed by atoms with E-state index in [1.165, 1.54) is 37.6 Å². The zero-order chi connectivity index (χ0) is 25.1. The molecule has 0 saturated carbocycles. The molecule has 2 aromatic carbocycles. The molecule has 3 amide bonds. The van der Waals surface area contributed by atoms with Gasteiger partial charge in [-0.25, -0.2) is 4.98 Å². The molecule has 35 heavy (non-hydrogen) atoms. The summed E-state index contributed by atoms with van der Waals surface area (Å²) in [6.45, 7) is 0.0397. The number of phenols is 1. The van der Waals surface area contributed by atoms with Gasteiger partial charge in [-0.2, -0.15) is 0 Å². The molecule has 1 fully saturated rings. The summed E-state index contributed by atoms with van der Waals surface area (Å²) < 4.78 is 4.99. The summed E-state index contributed by atoms with van der Waals surface area (Å²) in [4.78, 5) is 43.3. The molecule has 2 heterocycles. The number of imide groups is 1. The molecule has 4 rings (SSSR count). The van der Waals surface area contributed by atoms with Crippen molar-refractivity contribution in [3.05, 3.63) is 86.4 Å². The summed E-state index contributed by atoms with van der Waals surface area (Å²) in [5.74, 6) is -0.901. The first-order chi connectivity index (χ1) is 16.7. The van der Waals surface area contributed by atoms with E-state index < -0.39 is 17.1 Å². The third-order valence-corrected chi connectivity index (χ3v) is 6.61. The van der Waals surface area contributed by atoms with Crippen molar-refractivity contribution in [3.63, 3.8) is 0 Å². The molecule has 11 heteroatoms. The van der Waals surface area contributed by atoms with E-state index >= 15 is 0 Å². The summed E-state index contributed by atoms with van der Waals surface area (Å²) in [6.07, 6.45) is 2.91. The molecule has 0 atom stereocenters. The van der Waals surface area contributed by atoms with E-state index in [0.717, 1.165) is 16.7 Å². The first kappa shape index (κ1) is 24.6. The van der Waals surface area contributed by atoms with Crippen molar-refractivity contribution < 1.29 is 24.2 Å². The topological polar surface area (TPSA) is 109 Å². The second-order valence-electron chi connectivity index (χ2n) is 7.34. The Morgan fingerprint density at radius 3 is 2.63 bits per heavy atom. The number of rotatable bonds is 6. The van der Waals surface area contributed by atoms with Crippen LogP contribution in [0.25, 0.3) is 6.08 Å². The molecule has 0 aliphatic carbocycles.